The summed E-state index contributed by atoms with van der Waals surface area (Å²) in [4.78, 5) is 0. The lowest BCUT2D eigenvalue weighted by atomic mass is 9.92. The first-order chi connectivity index (χ1) is 10.7. The summed E-state index contributed by atoms with van der Waals surface area (Å²) in [5.74, 6) is 2.81. The molecule has 0 amide bonds. The average Bonchev–Trinajstić information content (AvgIpc) is 2.57. The molecule has 0 spiro atoms. The van der Waals surface area contributed by atoms with E-state index >= 15 is 0 Å². The smallest absolute Gasteiger partial charge is 0.0710 e. The maximum Gasteiger partial charge on any atom is 0.0710 e. The Bertz CT molecular complexity index is 788. The molecule has 1 heterocycles. The van der Waals surface area contributed by atoms with Crippen molar-refractivity contribution in [3.05, 3.63) is 83.1 Å². The van der Waals surface area contributed by atoms with Gasteiger partial charge in [0.2, 0.25) is 0 Å². The predicted octanol–water partition coefficient (Wildman–Crippen LogP) is 4.83. The number of dihydropyridines is 1. The minimum atomic E-state index is 0.124. The monoisotopic (exact) mass is 285 g/mol. The summed E-state index contributed by atoms with van der Waals surface area (Å²) < 4.78 is 0. The Hall–Kier alpha value is -2.72. The molecule has 0 saturated carbocycles. The van der Waals surface area contributed by atoms with Crippen molar-refractivity contribution in [2.75, 3.05) is 0 Å². The summed E-state index contributed by atoms with van der Waals surface area (Å²) in [6, 6.07) is 16.8. The minimum absolute atomic E-state index is 0.124. The third kappa shape index (κ3) is 2.69. The highest BCUT2D eigenvalue weighted by molar-refractivity contribution is 5.66. The number of nitrogens with one attached hydrogen (secondary N) is 1. The maximum absolute atomic E-state index is 5.69. The van der Waals surface area contributed by atoms with Gasteiger partial charge in [-0.3, -0.25) is 0 Å². The molecule has 22 heavy (non-hydrogen) atoms. The van der Waals surface area contributed by atoms with E-state index in [2.05, 4.69) is 73.8 Å². The Morgan fingerprint density at radius 2 is 1.73 bits per heavy atom. The van der Waals surface area contributed by atoms with E-state index in [1.807, 2.05) is 12.1 Å². The normalized spacial score (nSPS) is 17.0. The van der Waals surface area contributed by atoms with E-state index in [9.17, 15) is 0 Å². The SMILES string of the molecule is C#Cc1ccc(-c2ccccc2)cc1C1C=C(C)C(C)=CN1. The van der Waals surface area contributed by atoms with Crippen molar-refractivity contribution in [1.29, 1.82) is 0 Å². The number of benzene rings is 2. The molecule has 0 radical (unpaired) electrons. The zero-order valence-corrected chi connectivity index (χ0v) is 12.9. The summed E-state index contributed by atoms with van der Waals surface area (Å²) in [5, 5.41) is 3.43. The van der Waals surface area contributed by atoms with Gasteiger partial charge in [0.05, 0.1) is 6.04 Å². The topological polar surface area (TPSA) is 12.0 Å². The van der Waals surface area contributed by atoms with E-state index in [4.69, 9.17) is 6.42 Å². The van der Waals surface area contributed by atoms with E-state index in [0.29, 0.717) is 0 Å². The van der Waals surface area contributed by atoms with Crippen molar-refractivity contribution in [2.24, 2.45) is 0 Å². The minimum Gasteiger partial charge on any atom is -0.380 e. The van der Waals surface area contributed by atoms with Crippen LogP contribution in [-0.4, -0.2) is 0 Å². The van der Waals surface area contributed by atoms with Gasteiger partial charge >= 0.3 is 0 Å². The fourth-order valence-electron chi connectivity index (χ4n) is 2.70. The lowest BCUT2D eigenvalue weighted by molar-refractivity contribution is 0.729. The van der Waals surface area contributed by atoms with Gasteiger partial charge in [0.1, 0.15) is 0 Å². The molecule has 1 heteroatoms. The summed E-state index contributed by atoms with van der Waals surface area (Å²) in [7, 11) is 0. The second-order valence-corrected chi connectivity index (χ2v) is 5.63. The molecule has 0 bridgehead atoms. The van der Waals surface area contributed by atoms with Crippen molar-refractivity contribution >= 4 is 0 Å². The van der Waals surface area contributed by atoms with Crippen LogP contribution in [0.2, 0.25) is 0 Å². The molecular formula is C21H19N. The molecule has 1 aliphatic rings. The van der Waals surface area contributed by atoms with Crippen LogP contribution in [-0.2, 0) is 0 Å². The predicted molar refractivity (Wildman–Crippen MR) is 93.2 cm³/mol. The molecule has 0 aliphatic carbocycles. The lowest BCUT2D eigenvalue weighted by Gasteiger charge is -2.23. The van der Waals surface area contributed by atoms with Crippen LogP contribution in [0.15, 0.2) is 72.0 Å². The zero-order chi connectivity index (χ0) is 15.5. The highest BCUT2D eigenvalue weighted by atomic mass is 14.9. The Morgan fingerprint density at radius 3 is 2.41 bits per heavy atom. The van der Waals surface area contributed by atoms with Crippen LogP contribution in [0.1, 0.15) is 31.0 Å². The molecule has 2 aromatic carbocycles. The molecule has 108 valence electrons. The first-order valence-corrected chi connectivity index (χ1v) is 7.46. The Labute approximate surface area is 132 Å². The second-order valence-electron chi connectivity index (χ2n) is 5.63. The number of terminal acetylenes is 1. The van der Waals surface area contributed by atoms with Crippen LogP contribution in [0.3, 0.4) is 0 Å². The van der Waals surface area contributed by atoms with Crippen molar-refractivity contribution in [2.45, 2.75) is 19.9 Å². The van der Waals surface area contributed by atoms with E-state index < -0.39 is 0 Å². The standard InChI is InChI=1S/C21H19N/c1-4-17-10-11-19(18-8-6-5-7-9-18)13-20(17)21-12-15(2)16(3)14-22-21/h1,5-14,21-22H,2-3H3. The van der Waals surface area contributed by atoms with E-state index in [1.165, 1.54) is 22.3 Å². The van der Waals surface area contributed by atoms with Gasteiger partial charge in [-0.25, -0.2) is 0 Å². The van der Waals surface area contributed by atoms with Crippen LogP contribution < -0.4 is 5.32 Å². The Balaban J connectivity index is 2.06. The molecule has 0 saturated heterocycles. The fraction of sp³-hybridized carbons (Fsp3) is 0.143. The number of rotatable bonds is 2. The Morgan fingerprint density at radius 1 is 0.955 bits per heavy atom. The second kappa shape index (κ2) is 5.95. The lowest BCUT2D eigenvalue weighted by Crippen LogP contribution is -2.19. The van der Waals surface area contributed by atoms with Gasteiger partial charge in [-0.2, -0.15) is 0 Å². The van der Waals surface area contributed by atoms with E-state index in [1.54, 1.807) is 0 Å². The van der Waals surface area contributed by atoms with Crippen LogP contribution in [0, 0.1) is 12.3 Å². The first kappa shape index (κ1) is 14.2. The molecule has 2 aromatic rings. The van der Waals surface area contributed by atoms with Gasteiger partial charge in [-0.1, -0.05) is 48.4 Å². The number of allylic oxidation sites excluding steroid dienone is 2. The van der Waals surface area contributed by atoms with Gasteiger partial charge in [-0.15, -0.1) is 6.42 Å². The molecule has 1 aliphatic heterocycles. The fourth-order valence-corrected chi connectivity index (χ4v) is 2.70. The van der Waals surface area contributed by atoms with Crippen LogP contribution in [0.4, 0.5) is 0 Å². The Kier molecular flexibility index (Phi) is 3.85. The summed E-state index contributed by atoms with van der Waals surface area (Å²) in [6.45, 7) is 4.24. The molecule has 1 nitrogen and oxygen atoms in total. The summed E-state index contributed by atoms with van der Waals surface area (Å²) >= 11 is 0. The number of hydrogen-bond donors (Lipinski definition) is 1. The summed E-state index contributed by atoms with van der Waals surface area (Å²) in [5.41, 5.74) is 7.03. The van der Waals surface area contributed by atoms with Gasteiger partial charge in [0.15, 0.2) is 0 Å². The molecule has 1 unspecified atom stereocenters. The van der Waals surface area contributed by atoms with Crippen LogP contribution in [0.5, 0.6) is 0 Å². The quantitative estimate of drug-likeness (QED) is 0.779. The summed E-state index contributed by atoms with van der Waals surface area (Å²) in [6.07, 6.45) is 10.00. The van der Waals surface area contributed by atoms with Crippen LogP contribution in [0.25, 0.3) is 11.1 Å². The van der Waals surface area contributed by atoms with Crippen LogP contribution >= 0.6 is 0 Å². The molecular weight excluding hydrogens is 266 g/mol. The maximum atomic E-state index is 5.69. The molecule has 1 N–H and O–H groups in total. The highest BCUT2D eigenvalue weighted by Gasteiger charge is 2.16. The van der Waals surface area contributed by atoms with Crippen molar-refractivity contribution in [1.82, 2.24) is 5.32 Å². The molecule has 0 aromatic heterocycles. The van der Waals surface area contributed by atoms with Gasteiger partial charge < -0.3 is 5.32 Å². The van der Waals surface area contributed by atoms with E-state index in [-0.39, 0.29) is 6.04 Å². The number of hydrogen-bond acceptors (Lipinski definition) is 1. The zero-order valence-electron chi connectivity index (χ0n) is 12.9. The third-order valence-corrected chi connectivity index (χ3v) is 4.17. The van der Waals surface area contributed by atoms with Crippen molar-refractivity contribution < 1.29 is 0 Å². The van der Waals surface area contributed by atoms with Crippen molar-refractivity contribution in [3.63, 3.8) is 0 Å². The average molecular weight is 285 g/mol. The van der Waals surface area contributed by atoms with Gasteiger partial charge in [-0.05, 0) is 53.8 Å². The molecule has 3 rings (SSSR count). The first-order valence-electron chi connectivity index (χ1n) is 7.46. The van der Waals surface area contributed by atoms with E-state index in [0.717, 1.165) is 11.1 Å². The van der Waals surface area contributed by atoms with Gasteiger partial charge in [0, 0.05) is 11.8 Å². The van der Waals surface area contributed by atoms with Crippen molar-refractivity contribution in [3.8, 4) is 23.5 Å². The largest absolute Gasteiger partial charge is 0.380 e. The molecule has 0 fully saturated rings. The third-order valence-electron chi connectivity index (χ3n) is 4.17. The highest BCUT2D eigenvalue weighted by Crippen LogP contribution is 2.29. The van der Waals surface area contributed by atoms with Gasteiger partial charge in [0.25, 0.3) is 0 Å². The molecule has 1 atom stereocenters.